The van der Waals surface area contributed by atoms with E-state index in [0.29, 0.717) is 5.69 Å². The molecule has 1 heterocycles. The van der Waals surface area contributed by atoms with E-state index in [1.54, 1.807) is 6.92 Å². The highest BCUT2D eigenvalue weighted by atomic mass is 16.4. The van der Waals surface area contributed by atoms with E-state index < -0.39 is 23.7 Å². The summed E-state index contributed by atoms with van der Waals surface area (Å²) < 4.78 is 0. The first kappa shape index (κ1) is 18.4. The van der Waals surface area contributed by atoms with Crippen LogP contribution < -0.4 is 0 Å². The van der Waals surface area contributed by atoms with E-state index in [4.69, 9.17) is 25.5 Å². The summed E-state index contributed by atoms with van der Waals surface area (Å²) in [6, 6.07) is 5.65. The first-order valence-electron chi connectivity index (χ1n) is 6.32. The number of carbonyl (C=O) groups is 3. The van der Waals surface area contributed by atoms with Crippen molar-refractivity contribution < 1.29 is 39.9 Å². The van der Waals surface area contributed by atoms with Crippen LogP contribution in [0.1, 0.15) is 36.9 Å². The number of pyridine rings is 1. The van der Waals surface area contributed by atoms with E-state index in [-0.39, 0.29) is 22.6 Å². The molecular weight excluding hydrogens is 322 g/mol. The number of hydrogen-bond acceptors (Lipinski definition) is 6. The maximum Gasteiger partial charge on any atom is 0.354 e. The predicted octanol–water partition coefficient (Wildman–Crippen LogP) is 1.58. The average Bonchev–Trinajstić information content (AvgIpc) is 2.49. The zero-order valence-corrected chi connectivity index (χ0v) is 12.3. The molecule has 0 unspecified atom stereocenters. The van der Waals surface area contributed by atoms with Crippen LogP contribution in [0.2, 0.25) is 0 Å². The number of phenolic OH excluding ortho intramolecular Hbond substituents is 2. The van der Waals surface area contributed by atoms with Gasteiger partial charge in [-0.05, 0) is 37.3 Å². The zero-order chi connectivity index (χ0) is 18.4. The monoisotopic (exact) mass is 335 g/mol. The molecule has 2 aromatic rings. The van der Waals surface area contributed by atoms with Gasteiger partial charge in [-0.15, -0.1) is 0 Å². The minimum atomic E-state index is -1.23. The van der Waals surface area contributed by atoms with E-state index in [0.717, 1.165) is 18.2 Å². The molecule has 24 heavy (non-hydrogen) atoms. The Morgan fingerprint density at radius 3 is 1.83 bits per heavy atom. The molecule has 9 nitrogen and oxygen atoms in total. The van der Waals surface area contributed by atoms with Gasteiger partial charge < -0.3 is 25.5 Å². The molecular formula is C15H13NO8. The number of rotatable bonds is 3. The van der Waals surface area contributed by atoms with Crippen molar-refractivity contribution in [2.45, 2.75) is 6.92 Å². The average molecular weight is 335 g/mol. The predicted molar refractivity (Wildman–Crippen MR) is 79.6 cm³/mol. The molecule has 0 atom stereocenters. The topological polar surface area (TPSA) is 165 Å². The quantitative estimate of drug-likeness (QED) is 0.523. The third-order valence-electron chi connectivity index (χ3n) is 2.64. The van der Waals surface area contributed by atoms with E-state index >= 15 is 0 Å². The smallest absolute Gasteiger partial charge is 0.354 e. The number of benzene rings is 1. The van der Waals surface area contributed by atoms with Gasteiger partial charge in [-0.1, -0.05) is 0 Å². The summed E-state index contributed by atoms with van der Waals surface area (Å²) in [5.74, 6) is -4.28. The molecule has 0 fully saturated rings. The number of phenols is 2. The number of aromatic carboxylic acids is 3. The second kappa shape index (κ2) is 7.58. The normalized spacial score (nSPS) is 9.54. The van der Waals surface area contributed by atoms with Gasteiger partial charge in [-0.2, -0.15) is 0 Å². The van der Waals surface area contributed by atoms with E-state index in [9.17, 15) is 14.4 Å². The number of aromatic nitrogens is 1. The van der Waals surface area contributed by atoms with Gasteiger partial charge in [-0.25, -0.2) is 19.4 Å². The molecule has 0 aliphatic rings. The fourth-order valence-electron chi connectivity index (χ4n) is 1.56. The standard InChI is InChI=1S/C8H7NO4.C7H6O4/c1-4-2-5(7(10)11)3-6(9-4)8(12)13;8-5-2-1-4(7(10)11)3-6(5)9/h2-3H,1H3,(H,10,11)(H,12,13);1-3,8-9H,(H,10,11). The molecule has 0 bridgehead atoms. The highest BCUT2D eigenvalue weighted by Crippen LogP contribution is 2.24. The van der Waals surface area contributed by atoms with Crippen molar-refractivity contribution in [1.29, 1.82) is 0 Å². The van der Waals surface area contributed by atoms with Gasteiger partial charge in [0.2, 0.25) is 0 Å². The van der Waals surface area contributed by atoms with Crippen molar-refractivity contribution in [2.24, 2.45) is 0 Å². The largest absolute Gasteiger partial charge is 0.504 e. The van der Waals surface area contributed by atoms with Crippen LogP contribution in [-0.2, 0) is 0 Å². The van der Waals surface area contributed by atoms with Crippen LogP contribution >= 0.6 is 0 Å². The summed E-state index contributed by atoms with van der Waals surface area (Å²) in [6.45, 7) is 1.54. The molecule has 2 rings (SSSR count). The van der Waals surface area contributed by atoms with E-state index in [2.05, 4.69) is 4.98 Å². The highest BCUT2D eigenvalue weighted by Gasteiger charge is 2.10. The summed E-state index contributed by atoms with van der Waals surface area (Å²) in [6.07, 6.45) is 0. The van der Waals surface area contributed by atoms with Crippen LogP contribution in [0.25, 0.3) is 0 Å². The summed E-state index contributed by atoms with van der Waals surface area (Å²) >= 11 is 0. The second-order valence-corrected chi connectivity index (χ2v) is 4.50. The van der Waals surface area contributed by atoms with Gasteiger partial charge in [0, 0.05) is 5.69 Å². The molecule has 1 aromatic heterocycles. The molecule has 0 spiro atoms. The van der Waals surface area contributed by atoms with Gasteiger partial charge >= 0.3 is 17.9 Å². The first-order valence-corrected chi connectivity index (χ1v) is 6.32. The molecule has 0 saturated carbocycles. The Labute approximate surface area is 135 Å². The van der Waals surface area contributed by atoms with Gasteiger partial charge in [-0.3, -0.25) is 0 Å². The fourth-order valence-corrected chi connectivity index (χ4v) is 1.56. The van der Waals surface area contributed by atoms with E-state index in [1.807, 2.05) is 0 Å². The lowest BCUT2D eigenvalue weighted by Gasteiger charge is -1.98. The first-order chi connectivity index (χ1) is 11.1. The van der Waals surface area contributed by atoms with Crippen molar-refractivity contribution >= 4 is 17.9 Å². The minimum absolute atomic E-state index is 0.0553. The number of carboxylic acid groups (broad SMARTS) is 3. The lowest BCUT2D eigenvalue weighted by molar-refractivity contribution is 0.0679. The molecule has 0 amide bonds. The Bertz CT molecular complexity index is 768. The Morgan fingerprint density at radius 1 is 0.792 bits per heavy atom. The van der Waals surface area contributed by atoms with Crippen LogP contribution in [0.3, 0.4) is 0 Å². The number of carboxylic acids is 3. The fraction of sp³-hybridized carbons (Fsp3) is 0.0667. The number of hydrogen-bond donors (Lipinski definition) is 5. The third-order valence-corrected chi connectivity index (χ3v) is 2.64. The van der Waals surface area contributed by atoms with E-state index in [1.165, 1.54) is 12.1 Å². The third kappa shape index (κ3) is 4.98. The Morgan fingerprint density at radius 2 is 1.38 bits per heavy atom. The van der Waals surface area contributed by atoms with Crippen molar-refractivity contribution in [2.75, 3.05) is 0 Å². The summed E-state index contributed by atoms with van der Waals surface area (Å²) in [5.41, 5.74) is -0.0000926. The van der Waals surface area contributed by atoms with Gasteiger partial charge in [0.15, 0.2) is 11.5 Å². The Balaban J connectivity index is 0.000000243. The molecule has 1 aromatic carbocycles. The maximum absolute atomic E-state index is 10.5. The molecule has 0 aliphatic carbocycles. The molecule has 126 valence electrons. The van der Waals surface area contributed by atoms with Crippen LogP contribution in [0.5, 0.6) is 11.5 Å². The summed E-state index contributed by atoms with van der Waals surface area (Å²) in [4.78, 5) is 34.9. The summed E-state index contributed by atoms with van der Waals surface area (Å²) in [7, 11) is 0. The number of aryl methyl sites for hydroxylation is 1. The maximum atomic E-state index is 10.5. The van der Waals surface area contributed by atoms with Crippen LogP contribution in [-0.4, -0.2) is 48.4 Å². The summed E-state index contributed by atoms with van der Waals surface area (Å²) in [5, 5.41) is 43.2. The molecule has 9 heteroatoms. The molecule has 0 radical (unpaired) electrons. The SMILES string of the molecule is Cc1cc(C(=O)O)cc(C(=O)O)n1.O=C(O)c1ccc(O)c(O)c1. The van der Waals surface area contributed by atoms with Crippen LogP contribution in [0.4, 0.5) is 0 Å². The number of aromatic hydroxyl groups is 2. The van der Waals surface area contributed by atoms with Crippen molar-refractivity contribution in [3.05, 3.63) is 52.8 Å². The molecule has 0 saturated heterocycles. The molecule has 0 aliphatic heterocycles. The molecule has 5 N–H and O–H groups in total. The Hall–Kier alpha value is -3.62. The lowest BCUT2D eigenvalue weighted by atomic mass is 10.2. The van der Waals surface area contributed by atoms with Crippen molar-refractivity contribution in [3.63, 3.8) is 0 Å². The zero-order valence-electron chi connectivity index (χ0n) is 12.3. The minimum Gasteiger partial charge on any atom is -0.504 e. The van der Waals surface area contributed by atoms with Crippen molar-refractivity contribution in [1.82, 2.24) is 4.98 Å². The second-order valence-electron chi connectivity index (χ2n) is 4.50. The van der Waals surface area contributed by atoms with Crippen molar-refractivity contribution in [3.8, 4) is 11.5 Å². The highest BCUT2D eigenvalue weighted by molar-refractivity contribution is 5.92. The van der Waals surface area contributed by atoms with Gasteiger partial charge in [0.25, 0.3) is 0 Å². The van der Waals surface area contributed by atoms with Crippen LogP contribution in [0, 0.1) is 6.92 Å². The Kier molecular flexibility index (Phi) is 5.82. The van der Waals surface area contributed by atoms with Gasteiger partial charge in [0.1, 0.15) is 5.69 Å². The van der Waals surface area contributed by atoms with Gasteiger partial charge in [0.05, 0.1) is 11.1 Å². The number of nitrogens with zero attached hydrogens (tertiary/aromatic N) is 1. The van der Waals surface area contributed by atoms with Crippen LogP contribution in [0.15, 0.2) is 30.3 Å². The lowest BCUT2D eigenvalue weighted by Crippen LogP contribution is -2.06.